The SMILES string of the molecule is Clc1sc(C(Br)CC2CCCCC2)cc1Br. The summed E-state index contributed by atoms with van der Waals surface area (Å²) in [6, 6.07) is 2.15. The molecule has 1 aliphatic carbocycles. The maximum Gasteiger partial charge on any atom is 0.107 e. The smallest absolute Gasteiger partial charge is 0.107 e. The van der Waals surface area contributed by atoms with Crippen LogP contribution in [0.25, 0.3) is 0 Å². The zero-order valence-corrected chi connectivity index (χ0v) is 13.8. The molecule has 0 radical (unpaired) electrons. The van der Waals surface area contributed by atoms with Crippen LogP contribution in [0.5, 0.6) is 0 Å². The van der Waals surface area contributed by atoms with Crippen LogP contribution in [0.2, 0.25) is 4.34 Å². The molecular weight excluding hydrogens is 371 g/mol. The van der Waals surface area contributed by atoms with E-state index >= 15 is 0 Å². The van der Waals surface area contributed by atoms with Gasteiger partial charge in [0, 0.05) is 14.2 Å². The van der Waals surface area contributed by atoms with E-state index in [1.807, 2.05) is 0 Å². The summed E-state index contributed by atoms with van der Waals surface area (Å²) in [7, 11) is 0. The van der Waals surface area contributed by atoms with Crippen LogP contribution in [0.4, 0.5) is 0 Å². The van der Waals surface area contributed by atoms with Crippen molar-refractivity contribution in [1.29, 1.82) is 0 Å². The Bertz CT molecular complexity index is 325. The largest absolute Gasteiger partial charge is 0.126 e. The van der Waals surface area contributed by atoms with Gasteiger partial charge in [-0.2, -0.15) is 0 Å². The van der Waals surface area contributed by atoms with Crippen molar-refractivity contribution in [2.75, 3.05) is 0 Å². The molecule has 1 heterocycles. The van der Waals surface area contributed by atoms with E-state index in [1.165, 1.54) is 43.4 Å². The predicted molar refractivity (Wildman–Crippen MR) is 79.9 cm³/mol. The van der Waals surface area contributed by atoms with Crippen LogP contribution in [-0.4, -0.2) is 0 Å². The highest BCUT2D eigenvalue weighted by molar-refractivity contribution is 9.10. The summed E-state index contributed by atoms with van der Waals surface area (Å²) >= 11 is 15.0. The lowest BCUT2D eigenvalue weighted by molar-refractivity contribution is 0.339. The van der Waals surface area contributed by atoms with Crippen molar-refractivity contribution in [2.45, 2.75) is 43.4 Å². The zero-order valence-electron chi connectivity index (χ0n) is 9.02. The molecule has 0 spiro atoms. The average molecular weight is 387 g/mol. The van der Waals surface area contributed by atoms with Gasteiger partial charge in [0.15, 0.2) is 0 Å². The summed E-state index contributed by atoms with van der Waals surface area (Å²) in [5, 5.41) is 0. The van der Waals surface area contributed by atoms with Crippen LogP contribution in [-0.2, 0) is 0 Å². The molecule has 0 amide bonds. The molecule has 0 bridgehead atoms. The van der Waals surface area contributed by atoms with Gasteiger partial charge in [0.2, 0.25) is 0 Å². The Morgan fingerprint density at radius 1 is 1.38 bits per heavy atom. The van der Waals surface area contributed by atoms with E-state index in [0.29, 0.717) is 4.83 Å². The summed E-state index contributed by atoms with van der Waals surface area (Å²) in [6.07, 6.45) is 8.33. The Kier molecular flexibility index (Phi) is 5.20. The summed E-state index contributed by atoms with van der Waals surface area (Å²) in [5.74, 6) is 0.901. The topological polar surface area (TPSA) is 0 Å². The highest BCUT2D eigenvalue weighted by atomic mass is 79.9. The molecule has 1 fully saturated rings. The molecule has 2 rings (SSSR count). The van der Waals surface area contributed by atoms with Crippen molar-refractivity contribution < 1.29 is 0 Å². The van der Waals surface area contributed by atoms with Crippen LogP contribution >= 0.6 is 54.8 Å². The highest BCUT2D eigenvalue weighted by Crippen LogP contribution is 2.42. The van der Waals surface area contributed by atoms with Crippen molar-refractivity contribution in [1.82, 2.24) is 0 Å². The molecule has 1 aromatic rings. The second-order valence-electron chi connectivity index (χ2n) is 4.48. The second kappa shape index (κ2) is 6.21. The lowest BCUT2D eigenvalue weighted by Crippen LogP contribution is -2.08. The van der Waals surface area contributed by atoms with Crippen molar-refractivity contribution in [3.8, 4) is 0 Å². The minimum Gasteiger partial charge on any atom is -0.126 e. The summed E-state index contributed by atoms with van der Waals surface area (Å²) < 4.78 is 1.89. The summed E-state index contributed by atoms with van der Waals surface area (Å²) in [4.78, 5) is 1.83. The fraction of sp³-hybridized carbons (Fsp3) is 0.667. The standard InChI is InChI=1S/C12H15Br2ClS/c13-9(6-8-4-2-1-3-5-8)11-7-10(14)12(15)16-11/h7-9H,1-6H2. The van der Waals surface area contributed by atoms with Gasteiger partial charge >= 0.3 is 0 Å². The van der Waals surface area contributed by atoms with Gasteiger partial charge in [-0.05, 0) is 34.3 Å². The third-order valence-electron chi connectivity index (χ3n) is 3.24. The molecule has 1 unspecified atom stereocenters. The number of thiophene rings is 1. The Hall–Kier alpha value is 0.950. The van der Waals surface area contributed by atoms with Gasteiger partial charge in [0.25, 0.3) is 0 Å². The van der Waals surface area contributed by atoms with Gasteiger partial charge in [0.05, 0.1) is 0 Å². The van der Waals surface area contributed by atoms with E-state index in [1.54, 1.807) is 11.3 Å². The van der Waals surface area contributed by atoms with Gasteiger partial charge in [-0.1, -0.05) is 59.6 Å². The maximum atomic E-state index is 6.07. The first-order chi connectivity index (χ1) is 7.66. The number of halogens is 3. The maximum absolute atomic E-state index is 6.07. The number of alkyl halides is 1. The molecule has 4 heteroatoms. The molecule has 0 aromatic carbocycles. The van der Waals surface area contributed by atoms with Crippen molar-refractivity contribution >= 4 is 54.8 Å². The number of rotatable bonds is 3. The molecule has 0 nitrogen and oxygen atoms in total. The lowest BCUT2D eigenvalue weighted by Gasteiger charge is -2.23. The highest BCUT2D eigenvalue weighted by Gasteiger charge is 2.20. The Morgan fingerprint density at radius 3 is 2.62 bits per heavy atom. The molecule has 1 aliphatic rings. The molecule has 16 heavy (non-hydrogen) atoms. The molecule has 0 N–H and O–H groups in total. The number of hydrogen-bond acceptors (Lipinski definition) is 1. The third-order valence-corrected chi connectivity index (χ3v) is 7.00. The minimum absolute atomic E-state index is 0.476. The monoisotopic (exact) mass is 384 g/mol. The van der Waals surface area contributed by atoms with Gasteiger partial charge in [-0.25, -0.2) is 0 Å². The van der Waals surface area contributed by atoms with Crippen LogP contribution in [0.1, 0.15) is 48.2 Å². The zero-order chi connectivity index (χ0) is 11.5. The van der Waals surface area contributed by atoms with E-state index in [4.69, 9.17) is 11.6 Å². The van der Waals surface area contributed by atoms with Crippen molar-refractivity contribution in [3.63, 3.8) is 0 Å². The first kappa shape index (κ1) is 13.4. The predicted octanol–water partition coefficient (Wildman–Crippen LogP) is 6.57. The second-order valence-corrected chi connectivity index (χ2v) is 8.12. The number of hydrogen-bond donors (Lipinski definition) is 0. The molecular formula is C12H15Br2ClS. The van der Waals surface area contributed by atoms with Gasteiger partial charge in [0.1, 0.15) is 4.34 Å². The van der Waals surface area contributed by atoms with Gasteiger partial charge in [-0.3, -0.25) is 0 Å². The molecule has 0 aliphatic heterocycles. The average Bonchev–Trinajstić information content (AvgIpc) is 2.61. The van der Waals surface area contributed by atoms with E-state index in [0.717, 1.165) is 14.7 Å². The Morgan fingerprint density at radius 2 is 2.06 bits per heavy atom. The first-order valence-electron chi connectivity index (χ1n) is 5.75. The quantitative estimate of drug-likeness (QED) is 0.515. The fourth-order valence-electron chi connectivity index (χ4n) is 2.35. The van der Waals surface area contributed by atoms with Crippen LogP contribution in [0.15, 0.2) is 10.5 Å². The molecule has 0 saturated heterocycles. The van der Waals surface area contributed by atoms with E-state index in [-0.39, 0.29) is 0 Å². The van der Waals surface area contributed by atoms with E-state index < -0.39 is 0 Å². The van der Waals surface area contributed by atoms with Crippen LogP contribution < -0.4 is 0 Å². The third kappa shape index (κ3) is 3.47. The van der Waals surface area contributed by atoms with Crippen LogP contribution in [0.3, 0.4) is 0 Å². The minimum atomic E-state index is 0.476. The van der Waals surface area contributed by atoms with Crippen molar-refractivity contribution in [2.24, 2.45) is 5.92 Å². The fourth-order valence-corrected chi connectivity index (χ4v) is 5.02. The molecule has 90 valence electrons. The lowest BCUT2D eigenvalue weighted by atomic mass is 9.86. The van der Waals surface area contributed by atoms with E-state index in [9.17, 15) is 0 Å². The molecule has 1 atom stereocenters. The normalized spacial score (nSPS) is 19.9. The summed E-state index contributed by atoms with van der Waals surface area (Å²) in [6.45, 7) is 0. The Balaban J connectivity index is 1.93. The molecule has 1 saturated carbocycles. The van der Waals surface area contributed by atoms with Crippen LogP contribution in [0, 0.1) is 5.92 Å². The first-order valence-corrected chi connectivity index (χ1v) is 8.66. The van der Waals surface area contributed by atoms with E-state index in [2.05, 4.69) is 37.9 Å². The van der Waals surface area contributed by atoms with Crippen molar-refractivity contribution in [3.05, 3.63) is 19.8 Å². The van der Waals surface area contributed by atoms with Gasteiger partial charge in [-0.15, -0.1) is 11.3 Å². The summed E-state index contributed by atoms with van der Waals surface area (Å²) in [5.41, 5.74) is 0. The van der Waals surface area contributed by atoms with Gasteiger partial charge < -0.3 is 0 Å². The molecule has 1 aromatic heterocycles. The Labute approximate surface area is 123 Å².